The number of fused-ring (bicyclic) bond motifs is 1. The number of aliphatic carboxylic acids is 1. The molecule has 9 heteroatoms. The van der Waals surface area contributed by atoms with E-state index in [0.29, 0.717) is 6.61 Å². The first-order chi connectivity index (χ1) is 11.6. The van der Waals surface area contributed by atoms with E-state index in [4.69, 9.17) is 9.84 Å². The minimum atomic E-state index is -1.14. The molecular weight excluding hydrogens is 314 g/mol. The number of nitrogens with zero attached hydrogens (tertiary/aromatic N) is 5. The van der Waals surface area contributed by atoms with E-state index in [-0.39, 0.29) is 17.9 Å². The Kier molecular flexibility index (Phi) is 4.23. The molecular formula is C15H15N5O4. The van der Waals surface area contributed by atoms with E-state index in [9.17, 15) is 9.59 Å². The molecule has 3 aromatic rings. The molecule has 24 heavy (non-hydrogen) atoms. The molecule has 0 radical (unpaired) electrons. The molecule has 0 aliphatic heterocycles. The molecule has 0 saturated heterocycles. The van der Waals surface area contributed by atoms with Gasteiger partial charge in [-0.1, -0.05) is 12.1 Å². The van der Waals surface area contributed by atoms with Gasteiger partial charge < -0.3 is 9.84 Å². The van der Waals surface area contributed by atoms with Gasteiger partial charge in [0.2, 0.25) is 0 Å². The molecule has 124 valence electrons. The molecule has 0 unspecified atom stereocenters. The third-order valence-corrected chi connectivity index (χ3v) is 3.37. The van der Waals surface area contributed by atoms with E-state index in [1.165, 1.54) is 10.8 Å². The van der Waals surface area contributed by atoms with Crippen molar-refractivity contribution < 1.29 is 14.6 Å². The summed E-state index contributed by atoms with van der Waals surface area (Å²) in [7, 11) is 0. The van der Waals surface area contributed by atoms with E-state index in [1.54, 1.807) is 0 Å². The summed E-state index contributed by atoms with van der Waals surface area (Å²) in [5.74, 6) is -0.301. The second kappa shape index (κ2) is 6.49. The van der Waals surface area contributed by atoms with E-state index in [1.807, 2.05) is 31.2 Å². The summed E-state index contributed by atoms with van der Waals surface area (Å²) in [6, 6.07) is 7.30. The summed E-state index contributed by atoms with van der Waals surface area (Å²) in [5, 5.41) is 20.6. The van der Waals surface area contributed by atoms with E-state index in [0.717, 1.165) is 15.9 Å². The topological polar surface area (TPSA) is 112 Å². The van der Waals surface area contributed by atoms with Crippen LogP contribution in [0.3, 0.4) is 0 Å². The molecule has 2 aromatic heterocycles. The number of carboxylic acids is 1. The zero-order chi connectivity index (χ0) is 17.1. The van der Waals surface area contributed by atoms with Crippen molar-refractivity contribution in [2.75, 3.05) is 6.61 Å². The normalized spacial score (nSPS) is 10.9. The third-order valence-electron chi connectivity index (χ3n) is 3.37. The summed E-state index contributed by atoms with van der Waals surface area (Å²) in [6.45, 7) is 1.97. The molecule has 0 fully saturated rings. The Labute approximate surface area is 136 Å². The van der Waals surface area contributed by atoms with Crippen molar-refractivity contribution in [3.05, 3.63) is 52.2 Å². The number of ether oxygens (including phenoxy) is 1. The van der Waals surface area contributed by atoms with E-state index >= 15 is 0 Å². The maximum Gasteiger partial charge on any atom is 0.323 e. The number of carboxylic acid groups (broad SMARTS) is 1. The zero-order valence-corrected chi connectivity index (χ0v) is 12.9. The van der Waals surface area contributed by atoms with Crippen molar-refractivity contribution in [1.29, 1.82) is 0 Å². The highest BCUT2D eigenvalue weighted by Crippen LogP contribution is 2.13. The van der Waals surface area contributed by atoms with Crippen molar-refractivity contribution in [3.63, 3.8) is 0 Å². The van der Waals surface area contributed by atoms with Crippen LogP contribution in [0.5, 0.6) is 5.75 Å². The summed E-state index contributed by atoms with van der Waals surface area (Å²) in [6.07, 6.45) is 1.59. The summed E-state index contributed by atoms with van der Waals surface area (Å²) in [4.78, 5) is 23.5. The first kappa shape index (κ1) is 15.7. The van der Waals surface area contributed by atoms with Gasteiger partial charge in [-0.25, -0.2) is 0 Å². The average molecular weight is 329 g/mol. The second-order valence-electron chi connectivity index (χ2n) is 5.06. The van der Waals surface area contributed by atoms with Crippen molar-refractivity contribution in [3.8, 4) is 5.75 Å². The molecule has 0 spiro atoms. The van der Waals surface area contributed by atoms with Gasteiger partial charge in [-0.2, -0.15) is 9.61 Å². The molecule has 0 amide bonds. The Hall–Kier alpha value is -3.23. The van der Waals surface area contributed by atoms with Crippen molar-refractivity contribution >= 4 is 11.7 Å². The van der Waals surface area contributed by atoms with Gasteiger partial charge in [-0.15, -0.1) is 10.2 Å². The molecule has 0 atom stereocenters. The smallest absolute Gasteiger partial charge is 0.323 e. The van der Waals surface area contributed by atoms with Crippen molar-refractivity contribution in [2.45, 2.75) is 19.9 Å². The molecule has 0 aliphatic carbocycles. The van der Waals surface area contributed by atoms with Crippen LogP contribution in [-0.4, -0.2) is 42.1 Å². The third kappa shape index (κ3) is 3.09. The van der Waals surface area contributed by atoms with E-state index in [2.05, 4.69) is 15.3 Å². The SMILES string of the molecule is CCOc1ccc(Cc2nn3cnnc3n(CC(=O)O)c2=O)cc1. The van der Waals surface area contributed by atoms with Gasteiger partial charge in [-0.3, -0.25) is 14.2 Å². The van der Waals surface area contributed by atoms with Gasteiger partial charge in [0.1, 0.15) is 24.3 Å². The molecule has 2 heterocycles. The predicted molar refractivity (Wildman–Crippen MR) is 83.1 cm³/mol. The van der Waals surface area contributed by atoms with Crippen LogP contribution in [0.25, 0.3) is 5.78 Å². The Bertz CT molecular complexity index is 929. The van der Waals surface area contributed by atoms with Crippen LogP contribution in [-0.2, 0) is 17.8 Å². The summed E-state index contributed by atoms with van der Waals surface area (Å²) in [5.41, 5.74) is 0.580. The van der Waals surface area contributed by atoms with Crippen LogP contribution < -0.4 is 10.3 Å². The zero-order valence-electron chi connectivity index (χ0n) is 12.9. The van der Waals surface area contributed by atoms with Crippen molar-refractivity contribution in [2.24, 2.45) is 0 Å². The number of benzene rings is 1. The number of aromatic nitrogens is 5. The second-order valence-corrected chi connectivity index (χ2v) is 5.06. The van der Waals surface area contributed by atoms with Crippen LogP contribution in [0.2, 0.25) is 0 Å². The lowest BCUT2D eigenvalue weighted by molar-refractivity contribution is -0.137. The van der Waals surface area contributed by atoms with Crippen LogP contribution in [0, 0.1) is 0 Å². The lowest BCUT2D eigenvalue weighted by Gasteiger charge is -2.08. The van der Waals surface area contributed by atoms with Crippen LogP contribution in [0.15, 0.2) is 35.4 Å². The largest absolute Gasteiger partial charge is 0.494 e. The number of hydrogen-bond donors (Lipinski definition) is 1. The van der Waals surface area contributed by atoms with Gasteiger partial charge >= 0.3 is 5.97 Å². The fourth-order valence-electron chi connectivity index (χ4n) is 2.34. The summed E-state index contributed by atoms with van der Waals surface area (Å²) >= 11 is 0. The minimum Gasteiger partial charge on any atom is -0.494 e. The van der Waals surface area contributed by atoms with Crippen LogP contribution in [0.4, 0.5) is 0 Å². The lowest BCUT2D eigenvalue weighted by Crippen LogP contribution is -2.31. The molecule has 9 nitrogen and oxygen atoms in total. The maximum atomic E-state index is 12.5. The van der Waals surface area contributed by atoms with Crippen LogP contribution in [0.1, 0.15) is 18.2 Å². The number of rotatable bonds is 6. The molecule has 1 N–H and O–H groups in total. The van der Waals surface area contributed by atoms with Gasteiger partial charge in [0, 0.05) is 6.42 Å². The average Bonchev–Trinajstić information content (AvgIpc) is 3.01. The molecule has 1 aromatic carbocycles. The Balaban J connectivity index is 1.98. The molecule has 0 aliphatic rings. The quantitative estimate of drug-likeness (QED) is 0.695. The monoisotopic (exact) mass is 329 g/mol. The lowest BCUT2D eigenvalue weighted by atomic mass is 10.1. The first-order valence-electron chi connectivity index (χ1n) is 7.31. The number of carbonyl (C=O) groups is 1. The maximum absolute atomic E-state index is 12.5. The van der Waals surface area contributed by atoms with E-state index < -0.39 is 18.1 Å². The Morgan fingerprint density at radius 3 is 2.71 bits per heavy atom. The Morgan fingerprint density at radius 2 is 2.04 bits per heavy atom. The fraction of sp³-hybridized carbons (Fsp3) is 0.267. The first-order valence-corrected chi connectivity index (χ1v) is 7.31. The standard InChI is InChI=1S/C15H15N5O4/c1-2-24-11-5-3-10(4-6-11)7-12-14(23)19(8-13(21)22)15-17-16-9-20(15)18-12/h3-6,9H,2,7-8H2,1H3,(H,21,22). The van der Waals surface area contributed by atoms with Gasteiger partial charge in [0.25, 0.3) is 11.3 Å². The Morgan fingerprint density at radius 1 is 1.29 bits per heavy atom. The molecule has 0 saturated carbocycles. The predicted octanol–water partition coefficient (Wildman–Crippen LogP) is 0.360. The molecule has 3 rings (SSSR count). The highest BCUT2D eigenvalue weighted by Gasteiger charge is 2.15. The highest BCUT2D eigenvalue weighted by atomic mass is 16.5. The summed E-state index contributed by atoms with van der Waals surface area (Å²) < 4.78 is 7.73. The van der Waals surface area contributed by atoms with Gasteiger partial charge in [0.05, 0.1) is 6.61 Å². The van der Waals surface area contributed by atoms with Crippen LogP contribution >= 0.6 is 0 Å². The van der Waals surface area contributed by atoms with Gasteiger partial charge in [0.15, 0.2) is 0 Å². The van der Waals surface area contributed by atoms with Gasteiger partial charge in [-0.05, 0) is 24.6 Å². The number of hydrogen-bond acceptors (Lipinski definition) is 6. The highest BCUT2D eigenvalue weighted by molar-refractivity contribution is 5.67. The minimum absolute atomic E-state index is 0.0952. The molecule has 0 bridgehead atoms. The van der Waals surface area contributed by atoms with Crippen molar-refractivity contribution in [1.82, 2.24) is 24.4 Å². The fourth-order valence-corrected chi connectivity index (χ4v) is 2.34.